The summed E-state index contributed by atoms with van der Waals surface area (Å²) in [4.78, 5) is 15.2. The molecule has 3 aliphatic rings. The first-order chi connectivity index (χ1) is 16.0. The molecule has 0 aromatic heterocycles. The van der Waals surface area contributed by atoms with Crippen molar-refractivity contribution in [2.24, 2.45) is 17.8 Å². The summed E-state index contributed by atoms with van der Waals surface area (Å²) in [5.74, 6) is 3.14. The van der Waals surface area contributed by atoms with Crippen molar-refractivity contribution in [1.82, 2.24) is 10.2 Å². The fourth-order valence-electron chi connectivity index (χ4n) is 6.22. The Morgan fingerprint density at radius 3 is 2.52 bits per heavy atom. The molecule has 1 aromatic carbocycles. The SMILES string of the molecule is COc1cc2c(cc1OC)C1CC(COC(=O)NC3CCCCC3)C(CC(C)C)CN1CC2. The van der Waals surface area contributed by atoms with E-state index in [1.165, 1.54) is 36.8 Å². The van der Waals surface area contributed by atoms with E-state index < -0.39 is 0 Å². The number of rotatable bonds is 7. The number of alkyl carbamates (subject to hydrolysis) is 1. The predicted octanol–water partition coefficient (Wildman–Crippen LogP) is 5.34. The zero-order valence-corrected chi connectivity index (χ0v) is 20.9. The number of hydrogen-bond acceptors (Lipinski definition) is 5. The van der Waals surface area contributed by atoms with E-state index in [0.717, 1.165) is 50.3 Å². The lowest BCUT2D eigenvalue weighted by molar-refractivity contribution is 0.0118. The highest BCUT2D eigenvalue weighted by atomic mass is 16.5. The Morgan fingerprint density at radius 2 is 1.82 bits per heavy atom. The van der Waals surface area contributed by atoms with Crippen molar-refractivity contribution in [1.29, 1.82) is 0 Å². The maximum Gasteiger partial charge on any atom is 0.407 e. The van der Waals surface area contributed by atoms with E-state index in [1.54, 1.807) is 14.2 Å². The summed E-state index contributed by atoms with van der Waals surface area (Å²) in [6, 6.07) is 4.94. The van der Waals surface area contributed by atoms with Crippen LogP contribution in [0.4, 0.5) is 4.79 Å². The van der Waals surface area contributed by atoms with Gasteiger partial charge in [-0.05, 0) is 73.1 Å². The normalized spacial score (nSPS) is 25.8. The number of ether oxygens (including phenoxy) is 3. The van der Waals surface area contributed by atoms with Crippen LogP contribution in [0.2, 0.25) is 0 Å². The summed E-state index contributed by atoms with van der Waals surface area (Å²) >= 11 is 0. The second kappa shape index (κ2) is 11.0. The first-order valence-corrected chi connectivity index (χ1v) is 12.9. The van der Waals surface area contributed by atoms with E-state index >= 15 is 0 Å². The molecule has 184 valence electrons. The number of hydrogen-bond donors (Lipinski definition) is 1. The average molecular weight is 459 g/mol. The van der Waals surface area contributed by atoms with Crippen LogP contribution in [0.15, 0.2) is 12.1 Å². The Kier molecular flexibility index (Phi) is 8.05. The summed E-state index contributed by atoms with van der Waals surface area (Å²) in [5.41, 5.74) is 2.70. The molecule has 0 radical (unpaired) electrons. The summed E-state index contributed by atoms with van der Waals surface area (Å²) < 4.78 is 17.0. The molecule has 6 nitrogen and oxygen atoms in total. The third-order valence-electron chi connectivity index (χ3n) is 7.91. The summed E-state index contributed by atoms with van der Waals surface area (Å²) in [5, 5.41) is 3.11. The Bertz CT molecular complexity index is 806. The van der Waals surface area contributed by atoms with Crippen LogP contribution in [0.3, 0.4) is 0 Å². The predicted molar refractivity (Wildman–Crippen MR) is 130 cm³/mol. The molecule has 1 saturated heterocycles. The van der Waals surface area contributed by atoms with Gasteiger partial charge >= 0.3 is 6.09 Å². The van der Waals surface area contributed by atoms with Gasteiger partial charge in [0.2, 0.25) is 0 Å². The molecule has 1 aliphatic carbocycles. The third-order valence-corrected chi connectivity index (χ3v) is 7.91. The van der Waals surface area contributed by atoms with Gasteiger partial charge in [0.1, 0.15) is 0 Å². The minimum absolute atomic E-state index is 0.233. The number of carbonyl (C=O) groups excluding carboxylic acids is 1. The summed E-state index contributed by atoms with van der Waals surface area (Å²) in [6.45, 7) is 7.22. The highest BCUT2D eigenvalue weighted by Crippen LogP contribution is 2.45. The quantitative estimate of drug-likeness (QED) is 0.597. The van der Waals surface area contributed by atoms with Crippen molar-refractivity contribution in [2.45, 2.75) is 77.3 Å². The summed E-state index contributed by atoms with van der Waals surface area (Å²) in [7, 11) is 3.40. The molecular weight excluding hydrogens is 416 g/mol. The maximum absolute atomic E-state index is 12.5. The number of amides is 1. The van der Waals surface area contributed by atoms with Gasteiger partial charge in [0, 0.05) is 25.2 Å². The molecule has 2 fully saturated rings. The second-order valence-electron chi connectivity index (χ2n) is 10.6. The Balaban J connectivity index is 1.47. The molecular formula is C27H42N2O4. The van der Waals surface area contributed by atoms with Crippen LogP contribution in [-0.2, 0) is 11.2 Å². The van der Waals surface area contributed by atoms with Crippen LogP contribution in [0.25, 0.3) is 0 Å². The molecule has 2 aliphatic heterocycles. The minimum Gasteiger partial charge on any atom is -0.493 e. The number of methoxy groups -OCH3 is 2. The number of carbonyl (C=O) groups is 1. The van der Waals surface area contributed by atoms with E-state index in [4.69, 9.17) is 14.2 Å². The van der Waals surface area contributed by atoms with Gasteiger partial charge in [-0.25, -0.2) is 4.79 Å². The molecule has 4 rings (SSSR count). The highest BCUT2D eigenvalue weighted by molar-refractivity contribution is 5.67. The Morgan fingerprint density at radius 1 is 1.09 bits per heavy atom. The summed E-state index contributed by atoms with van der Waals surface area (Å²) in [6.07, 6.45) is 8.82. The smallest absolute Gasteiger partial charge is 0.407 e. The number of piperidine rings is 1. The van der Waals surface area contributed by atoms with Crippen molar-refractivity contribution in [3.63, 3.8) is 0 Å². The number of nitrogens with zero attached hydrogens (tertiary/aromatic N) is 1. The van der Waals surface area contributed by atoms with Gasteiger partial charge < -0.3 is 19.5 Å². The van der Waals surface area contributed by atoms with E-state index in [9.17, 15) is 4.79 Å². The fourth-order valence-corrected chi connectivity index (χ4v) is 6.22. The Labute approximate surface area is 199 Å². The second-order valence-corrected chi connectivity index (χ2v) is 10.6. The highest BCUT2D eigenvalue weighted by Gasteiger charge is 2.40. The zero-order chi connectivity index (χ0) is 23.4. The largest absolute Gasteiger partial charge is 0.493 e. The molecule has 2 heterocycles. The molecule has 33 heavy (non-hydrogen) atoms. The van der Waals surface area contributed by atoms with Crippen molar-refractivity contribution < 1.29 is 19.0 Å². The molecule has 1 aromatic rings. The Hall–Kier alpha value is -1.95. The first kappa shape index (κ1) is 24.2. The van der Waals surface area contributed by atoms with Crippen molar-refractivity contribution in [3.8, 4) is 11.5 Å². The van der Waals surface area contributed by atoms with Gasteiger partial charge in [-0.3, -0.25) is 4.90 Å². The van der Waals surface area contributed by atoms with E-state index in [0.29, 0.717) is 30.4 Å². The van der Waals surface area contributed by atoms with E-state index in [2.05, 4.69) is 36.2 Å². The lowest BCUT2D eigenvalue weighted by Gasteiger charge is -2.47. The lowest BCUT2D eigenvalue weighted by atomic mass is 9.74. The lowest BCUT2D eigenvalue weighted by Crippen LogP contribution is -2.48. The fraction of sp³-hybridized carbons (Fsp3) is 0.741. The van der Waals surface area contributed by atoms with Gasteiger partial charge in [0.05, 0.1) is 20.8 Å². The van der Waals surface area contributed by atoms with Crippen molar-refractivity contribution in [3.05, 3.63) is 23.3 Å². The van der Waals surface area contributed by atoms with Crippen LogP contribution in [0.5, 0.6) is 11.5 Å². The van der Waals surface area contributed by atoms with Gasteiger partial charge in [-0.1, -0.05) is 33.1 Å². The van der Waals surface area contributed by atoms with Gasteiger partial charge in [0.25, 0.3) is 0 Å². The van der Waals surface area contributed by atoms with Crippen LogP contribution >= 0.6 is 0 Å². The molecule has 1 N–H and O–H groups in total. The third kappa shape index (κ3) is 5.76. The molecule has 3 atom stereocenters. The number of fused-ring (bicyclic) bond motifs is 3. The number of benzene rings is 1. The molecule has 0 bridgehead atoms. The van der Waals surface area contributed by atoms with Crippen LogP contribution in [0, 0.1) is 17.8 Å². The van der Waals surface area contributed by atoms with Crippen LogP contribution in [-0.4, -0.2) is 51.0 Å². The maximum atomic E-state index is 12.5. The van der Waals surface area contributed by atoms with E-state index in [-0.39, 0.29) is 12.1 Å². The van der Waals surface area contributed by atoms with Gasteiger partial charge in [-0.15, -0.1) is 0 Å². The van der Waals surface area contributed by atoms with Crippen molar-refractivity contribution in [2.75, 3.05) is 33.9 Å². The molecule has 1 amide bonds. The zero-order valence-electron chi connectivity index (χ0n) is 20.9. The molecule has 6 heteroatoms. The van der Waals surface area contributed by atoms with Crippen LogP contribution < -0.4 is 14.8 Å². The monoisotopic (exact) mass is 458 g/mol. The van der Waals surface area contributed by atoms with E-state index in [1.807, 2.05) is 0 Å². The minimum atomic E-state index is -0.233. The van der Waals surface area contributed by atoms with Gasteiger partial charge in [-0.2, -0.15) is 0 Å². The standard InChI is InChI=1S/C27H42N2O4/c1-18(2)12-20-16-29-11-10-19-14-25(31-3)26(32-4)15-23(19)24(29)13-21(20)17-33-27(30)28-22-8-6-5-7-9-22/h14-15,18,20-22,24H,5-13,16-17H2,1-4H3,(H,28,30). The van der Waals surface area contributed by atoms with Crippen molar-refractivity contribution >= 4 is 6.09 Å². The molecule has 1 saturated carbocycles. The molecule has 3 unspecified atom stereocenters. The first-order valence-electron chi connectivity index (χ1n) is 12.9. The van der Waals surface area contributed by atoms with Gasteiger partial charge in [0.15, 0.2) is 11.5 Å². The number of nitrogens with one attached hydrogen (secondary N) is 1. The molecule has 0 spiro atoms. The topological polar surface area (TPSA) is 60.0 Å². The van der Waals surface area contributed by atoms with Crippen LogP contribution in [0.1, 0.15) is 76.0 Å². The average Bonchev–Trinajstić information content (AvgIpc) is 2.82.